The maximum Gasteiger partial charge on any atom is 0.258 e. The second-order valence-electron chi connectivity index (χ2n) is 5.18. The van der Waals surface area contributed by atoms with Gasteiger partial charge in [-0.3, -0.25) is 4.79 Å². The first-order chi connectivity index (χ1) is 9.00. The van der Waals surface area contributed by atoms with Crippen molar-refractivity contribution in [3.8, 4) is 5.75 Å². The Morgan fingerprint density at radius 2 is 2.21 bits per heavy atom. The molecule has 19 heavy (non-hydrogen) atoms. The SMILES string of the molecule is CNC12CC1(NC(=O)COc1ccc(Cl)c(F)c1)C2. The van der Waals surface area contributed by atoms with Crippen molar-refractivity contribution in [1.29, 1.82) is 0 Å². The van der Waals surface area contributed by atoms with Crippen LogP contribution >= 0.6 is 11.6 Å². The van der Waals surface area contributed by atoms with Crippen LogP contribution in [0.5, 0.6) is 5.75 Å². The lowest BCUT2D eigenvalue weighted by atomic mass is 10.3. The number of rotatable bonds is 5. The molecule has 2 fully saturated rings. The van der Waals surface area contributed by atoms with Crippen LogP contribution in [0.25, 0.3) is 0 Å². The average molecular weight is 285 g/mol. The fourth-order valence-corrected chi connectivity index (χ4v) is 2.65. The van der Waals surface area contributed by atoms with E-state index in [1.165, 1.54) is 18.2 Å². The molecule has 6 heteroatoms. The van der Waals surface area contributed by atoms with E-state index in [1.807, 2.05) is 7.05 Å². The standard InChI is InChI=1S/C13H14ClFN2O2/c1-16-12-6-13(12,7-12)17-11(18)5-19-8-2-3-9(14)10(15)4-8/h2-4,16H,5-7H2,1H3,(H,17,18). The van der Waals surface area contributed by atoms with Crippen LogP contribution in [0.4, 0.5) is 4.39 Å². The number of benzene rings is 1. The van der Waals surface area contributed by atoms with Crippen LogP contribution in [0.3, 0.4) is 0 Å². The molecule has 0 bridgehead atoms. The van der Waals surface area contributed by atoms with Gasteiger partial charge in [-0.15, -0.1) is 0 Å². The third kappa shape index (κ3) is 2.07. The molecule has 102 valence electrons. The zero-order chi connectivity index (χ0) is 13.7. The zero-order valence-corrected chi connectivity index (χ0v) is 11.2. The van der Waals surface area contributed by atoms with E-state index in [1.54, 1.807) is 0 Å². The van der Waals surface area contributed by atoms with Crippen LogP contribution in [0, 0.1) is 5.82 Å². The van der Waals surface area contributed by atoms with Gasteiger partial charge in [-0.25, -0.2) is 4.39 Å². The van der Waals surface area contributed by atoms with Crippen molar-refractivity contribution in [2.75, 3.05) is 13.7 Å². The topological polar surface area (TPSA) is 50.4 Å². The summed E-state index contributed by atoms with van der Waals surface area (Å²) in [5.41, 5.74) is 0.0580. The van der Waals surface area contributed by atoms with Crippen LogP contribution in [-0.4, -0.2) is 30.6 Å². The van der Waals surface area contributed by atoms with Crippen molar-refractivity contribution in [2.24, 2.45) is 0 Å². The van der Waals surface area contributed by atoms with Crippen LogP contribution in [0.2, 0.25) is 5.02 Å². The van der Waals surface area contributed by atoms with Crippen LogP contribution in [0.1, 0.15) is 12.8 Å². The van der Waals surface area contributed by atoms with Gasteiger partial charge in [-0.1, -0.05) is 11.6 Å². The van der Waals surface area contributed by atoms with Gasteiger partial charge in [0.05, 0.1) is 10.6 Å². The van der Waals surface area contributed by atoms with Gasteiger partial charge in [-0.05, 0) is 32.0 Å². The first kappa shape index (κ1) is 12.7. The van der Waals surface area contributed by atoms with Crippen molar-refractivity contribution >= 4 is 17.5 Å². The van der Waals surface area contributed by atoms with E-state index in [2.05, 4.69) is 10.6 Å². The van der Waals surface area contributed by atoms with Crippen molar-refractivity contribution < 1.29 is 13.9 Å². The summed E-state index contributed by atoms with van der Waals surface area (Å²) in [4.78, 5) is 11.7. The molecule has 2 saturated carbocycles. The molecule has 0 unspecified atom stereocenters. The summed E-state index contributed by atoms with van der Waals surface area (Å²) >= 11 is 5.56. The number of hydrogen-bond donors (Lipinski definition) is 2. The highest BCUT2D eigenvalue weighted by Crippen LogP contribution is 2.70. The Kier molecular flexibility index (Phi) is 2.73. The minimum atomic E-state index is -0.559. The highest BCUT2D eigenvalue weighted by Gasteiger charge is 2.83. The van der Waals surface area contributed by atoms with Gasteiger partial charge in [-0.2, -0.15) is 0 Å². The molecule has 2 N–H and O–H groups in total. The van der Waals surface area contributed by atoms with E-state index in [4.69, 9.17) is 16.3 Å². The number of ether oxygens (including phenoxy) is 1. The number of halogens is 2. The number of carbonyl (C=O) groups excluding carboxylic acids is 1. The summed E-state index contributed by atoms with van der Waals surface area (Å²) in [7, 11) is 1.90. The molecule has 2 aliphatic rings. The Bertz CT molecular complexity index is 543. The molecule has 0 atom stereocenters. The van der Waals surface area contributed by atoms with Gasteiger partial charge in [0, 0.05) is 11.6 Å². The molecular weight excluding hydrogens is 271 g/mol. The number of hydrogen-bond acceptors (Lipinski definition) is 3. The minimum absolute atomic E-state index is 0.0328. The smallest absolute Gasteiger partial charge is 0.258 e. The average Bonchev–Trinajstić information content (AvgIpc) is 3.17. The van der Waals surface area contributed by atoms with Gasteiger partial charge < -0.3 is 15.4 Å². The van der Waals surface area contributed by atoms with E-state index in [-0.39, 0.29) is 28.6 Å². The van der Waals surface area contributed by atoms with E-state index < -0.39 is 5.82 Å². The molecule has 0 aromatic heterocycles. The van der Waals surface area contributed by atoms with Crippen molar-refractivity contribution in [2.45, 2.75) is 23.9 Å². The summed E-state index contributed by atoms with van der Waals surface area (Å²) < 4.78 is 18.4. The predicted molar refractivity (Wildman–Crippen MR) is 68.8 cm³/mol. The fourth-order valence-electron chi connectivity index (χ4n) is 2.53. The van der Waals surface area contributed by atoms with Gasteiger partial charge in [0.25, 0.3) is 5.91 Å². The number of carbonyl (C=O) groups is 1. The number of amides is 1. The highest BCUT2D eigenvalue weighted by atomic mass is 35.5. The summed E-state index contributed by atoms with van der Waals surface area (Å²) in [5.74, 6) is -0.456. The third-order valence-electron chi connectivity index (χ3n) is 3.99. The molecule has 3 rings (SSSR count). The Labute approximate surface area is 115 Å². The number of likely N-dealkylation sites (N-methyl/N-ethyl adjacent to an activating group) is 1. The third-order valence-corrected chi connectivity index (χ3v) is 4.30. The quantitative estimate of drug-likeness (QED) is 0.861. The Balaban J connectivity index is 1.50. The van der Waals surface area contributed by atoms with Crippen LogP contribution < -0.4 is 15.4 Å². The maximum absolute atomic E-state index is 13.2. The summed E-state index contributed by atoms with van der Waals surface area (Å²) in [6.45, 7) is -0.122. The summed E-state index contributed by atoms with van der Waals surface area (Å²) in [6.07, 6.45) is 1.94. The molecule has 0 aliphatic heterocycles. The molecule has 4 nitrogen and oxygen atoms in total. The Morgan fingerprint density at radius 1 is 1.47 bits per heavy atom. The second-order valence-corrected chi connectivity index (χ2v) is 5.59. The maximum atomic E-state index is 13.2. The molecule has 1 aromatic carbocycles. The minimum Gasteiger partial charge on any atom is -0.484 e. The zero-order valence-electron chi connectivity index (χ0n) is 10.4. The molecule has 1 aromatic rings. The largest absolute Gasteiger partial charge is 0.484 e. The van der Waals surface area contributed by atoms with Crippen molar-refractivity contribution in [3.63, 3.8) is 0 Å². The van der Waals surface area contributed by atoms with Gasteiger partial charge in [0.1, 0.15) is 11.6 Å². The molecule has 2 aliphatic carbocycles. The lowest BCUT2D eigenvalue weighted by Gasteiger charge is -2.09. The van der Waals surface area contributed by atoms with Gasteiger partial charge in [0.2, 0.25) is 0 Å². The number of nitrogens with one attached hydrogen (secondary N) is 2. The summed E-state index contributed by atoms with van der Waals surface area (Å²) in [5, 5.41) is 6.18. The van der Waals surface area contributed by atoms with E-state index in [0.29, 0.717) is 5.75 Å². The number of fused-ring (bicyclic) bond motifs is 1. The Hall–Kier alpha value is -1.33. The summed E-state index contributed by atoms with van der Waals surface area (Å²) in [6, 6.07) is 4.10. The molecule has 0 saturated heterocycles. The van der Waals surface area contributed by atoms with E-state index in [9.17, 15) is 9.18 Å². The molecule has 0 heterocycles. The lowest BCUT2D eigenvalue weighted by Crippen LogP contribution is -2.35. The predicted octanol–water partition coefficient (Wildman–Crippen LogP) is 1.48. The van der Waals surface area contributed by atoms with Crippen molar-refractivity contribution in [3.05, 3.63) is 29.0 Å². The van der Waals surface area contributed by atoms with Crippen LogP contribution in [0.15, 0.2) is 18.2 Å². The first-order valence-electron chi connectivity index (χ1n) is 6.08. The second kappa shape index (κ2) is 4.08. The molecule has 1 amide bonds. The monoisotopic (exact) mass is 284 g/mol. The van der Waals surface area contributed by atoms with Crippen molar-refractivity contribution in [1.82, 2.24) is 10.6 Å². The highest BCUT2D eigenvalue weighted by molar-refractivity contribution is 6.30. The molecular formula is C13H14ClFN2O2. The lowest BCUT2D eigenvalue weighted by molar-refractivity contribution is -0.123. The normalized spacial score (nSPS) is 30.5. The van der Waals surface area contributed by atoms with E-state index in [0.717, 1.165) is 12.8 Å². The van der Waals surface area contributed by atoms with E-state index >= 15 is 0 Å². The molecule has 0 radical (unpaired) electrons. The first-order valence-corrected chi connectivity index (χ1v) is 6.46. The van der Waals surface area contributed by atoms with Gasteiger partial charge >= 0.3 is 0 Å². The van der Waals surface area contributed by atoms with Gasteiger partial charge in [0.15, 0.2) is 6.61 Å². The molecule has 0 spiro atoms. The Morgan fingerprint density at radius 3 is 2.79 bits per heavy atom. The van der Waals surface area contributed by atoms with Crippen LogP contribution in [-0.2, 0) is 4.79 Å². The fraction of sp³-hybridized carbons (Fsp3) is 0.462.